The number of aliphatic imine (C=N–C) groups is 1. The van der Waals surface area contributed by atoms with E-state index in [1.165, 1.54) is 0 Å². The van der Waals surface area contributed by atoms with E-state index >= 15 is 0 Å². The number of nitrogens with one attached hydrogen (secondary N) is 2. The van der Waals surface area contributed by atoms with E-state index in [2.05, 4.69) is 15.6 Å². The van der Waals surface area contributed by atoms with Gasteiger partial charge in [-0.05, 0) is 42.3 Å². The van der Waals surface area contributed by atoms with E-state index in [1.54, 1.807) is 0 Å². The lowest BCUT2D eigenvalue weighted by atomic mass is 10.2. The summed E-state index contributed by atoms with van der Waals surface area (Å²) in [5.41, 5.74) is 2.16. The van der Waals surface area contributed by atoms with E-state index in [0.29, 0.717) is 13.1 Å². The Balaban J connectivity index is 0.00000210. The van der Waals surface area contributed by atoms with Crippen LogP contribution in [-0.2, 0) is 13.1 Å². The summed E-state index contributed by atoms with van der Waals surface area (Å²) in [6.45, 7) is 4.58. The highest BCUT2D eigenvalue weighted by atomic mass is 127. The summed E-state index contributed by atoms with van der Waals surface area (Å²) in [7, 11) is 0. The summed E-state index contributed by atoms with van der Waals surface area (Å²) < 4.78 is 21.5. The molecule has 2 aliphatic rings. The van der Waals surface area contributed by atoms with Gasteiger partial charge in [-0.25, -0.2) is 4.99 Å². The molecule has 144 valence electrons. The maximum atomic E-state index is 5.42. The molecular weight excluding hydrogens is 461 g/mol. The third kappa shape index (κ3) is 4.68. The Hall–Kier alpha value is -2.36. The number of fused-ring (bicyclic) bond motifs is 2. The van der Waals surface area contributed by atoms with Crippen LogP contribution in [0.25, 0.3) is 0 Å². The first-order chi connectivity index (χ1) is 12.8. The van der Waals surface area contributed by atoms with Gasteiger partial charge in [0.25, 0.3) is 0 Å². The SMILES string of the molecule is CCNC(=NCc1ccc2c(c1)OCO2)NCc1ccc2c(c1)OCO2.I. The number of hydrogen-bond acceptors (Lipinski definition) is 5. The second-order valence-electron chi connectivity index (χ2n) is 5.92. The van der Waals surface area contributed by atoms with E-state index in [1.807, 2.05) is 43.3 Å². The summed E-state index contributed by atoms with van der Waals surface area (Å²) in [4.78, 5) is 4.64. The Morgan fingerprint density at radius 2 is 1.44 bits per heavy atom. The lowest BCUT2D eigenvalue weighted by Gasteiger charge is -2.12. The van der Waals surface area contributed by atoms with Gasteiger partial charge in [0.05, 0.1) is 6.54 Å². The fourth-order valence-corrected chi connectivity index (χ4v) is 2.79. The molecule has 2 N–H and O–H groups in total. The van der Waals surface area contributed by atoms with E-state index in [4.69, 9.17) is 18.9 Å². The van der Waals surface area contributed by atoms with Gasteiger partial charge in [0.1, 0.15) is 0 Å². The lowest BCUT2D eigenvalue weighted by molar-refractivity contribution is 0.173. The summed E-state index contributed by atoms with van der Waals surface area (Å²) in [6, 6.07) is 11.8. The quantitative estimate of drug-likeness (QED) is 0.387. The van der Waals surface area contributed by atoms with Gasteiger partial charge in [-0.2, -0.15) is 0 Å². The number of rotatable bonds is 5. The van der Waals surface area contributed by atoms with E-state index in [0.717, 1.165) is 46.6 Å². The molecule has 2 aromatic rings. The van der Waals surface area contributed by atoms with Crippen molar-refractivity contribution in [3.8, 4) is 23.0 Å². The normalized spacial score (nSPS) is 13.9. The van der Waals surface area contributed by atoms with Crippen LogP contribution in [-0.4, -0.2) is 26.1 Å². The second-order valence-corrected chi connectivity index (χ2v) is 5.92. The molecule has 0 atom stereocenters. The summed E-state index contributed by atoms with van der Waals surface area (Å²) >= 11 is 0. The van der Waals surface area contributed by atoms with Crippen molar-refractivity contribution < 1.29 is 18.9 Å². The highest BCUT2D eigenvalue weighted by Crippen LogP contribution is 2.33. The van der Waals surface area contributed by atoms with Crippen molar-refractivity contribution >= 4 is 29.9 Å². The zero-order valence-electron chi connectivity index (χ0n) is 15.0. The van der Waals surface area contributed by atoms with Crippen molar-refractivity contribution in [1.82, 2.24) is 10.6 Å². The predicted molar refractivity (Wildman–Crippen MR) is 112 cm³/mol. The van der Waals surface area contributed by atoms with Crippen LogP contribution < -0.4 is 29.6 Å². The molecule has 27 heavy (non-hydrogen) atoms. The van der Waals surface area contributed by atoms with Crippen molar-refractivity contribution in [2.75, 3.05) is 20.1 Å². The zero-order valence-corrected chi connectivity index (χ0v) is 17.3. The Morgan fingerprint density at radius 3 is 2.11 bits per heavy atom. The minimum atomic E-state index is 0. The highest BCUT2D eigenvalue weighted by Gasteiger charge is 2.14. The Kier molecular flexibility index (Phi) is 6.49. The number of benzene rings is 2. The molecule has 2 aliphatic heterocycles. The van der Waals surface area contributed by atoms with Crippen LogP contribution in [0.2, 0.25) is 0 Å². The summed E-state index contributed by atoms with van der Waals surface area (Å²) in [5.74, 6) is 3.88. The first-order valence-electron chi connectivity index (χ1n) is 8.61. The molecule has 0 amide bonds. The van der Waals surface area contributed by atoms with Gasteiger partial charge >= 0.3 is 0 Å². The Labute approximate surface area is 175 Å². The molecule has 0 fully saturated rings. The number of guanidine groups is 1. The number of nitrogens with zero attached hydrogens (tertiary/aromatic N) is 1. The third-order valence-corrected chi connectivity index (χ3v) is 4.10. The van der Waals surface area contributed by atoms with E-state index in [-0.39, 0.29) is 37.6 Å². The van der Waals surface area contributed by atoms with Crippen LogP contribution >= 0.6 is 24.0 Å². The van der Waals surface area contributed by atoms with Crippen LogP contribution in [0.4, 0.5) is 0 Å². The Bertz CT molecular complexity index is 829. The van der Waals surface area contributed by atoms with Gasteiger partial charge in [-0.1, -0.05) is 12.1 Å². The smallest absolute Gasteiger partial charge is 0.231 e. The first kappa shape index (κ1) is 19.4. The molecule has 0 saturated heterocycles. The molecule has 0 spiro atoms. The van der Waals surface area contributed by atoms with Gasteiger partial charge < -0.3 is 29.6 Å². The van der Waals surface area contributed by atoms with E-state index in [9.17, 15) is 0 Å². The standard InChI is InChI=1S/C19H21N3O4.HI/c1-2-20-19(21-9-13-3-5-15-17(7-13)25-11-23-15)22-10-14-4-6-16-18(8-14)26-12-24-16;/h3-8H,2,9-12H2,1H3,(H2,20,21,22);1H. The maximum absolute atomic E-state index is 5.42. The van der Waals surface area contributed by atoms with Gasteiger partial charge in [0.15, 0.2) is 29.0 Å². The molecule has 0 bridgehead atoms. The van der Waals surface area contributed by atoms with Crippen molar-refractivity contribution in [1.29, 1.82) is 0 Å². The molecule has 0 aliphatic carbocycles. The molecule has 4 rings (SSSR count). The van der Waals surface area contributed by atoms with Gasteiger partial charge in [-0.3, -0.25) is 0 Å². The molecule has 2 heterocycles. The molecule has 0 saturated carbocycles. The first-order valence-corrected chi connectivity index (χ1v) is 8.61. The molecule has 0 aromatic heterocycles. The summed E-state index contributed by atoms with van der Waals surface area (Å²) in [6.07, 6.45) is 0. The largest absolute Gasteiger partial charge is 0.454 e. The number of ether oxygens (including phenoxy) is 4. The zero-order chi connectivity index (χ0) is 17.8. The van der Waals surface area contributed by atoms with E-state index < -0.39 is 0 Å². The Morgan fingerprint density at radius 1 is 0.852 bits per heavy atom. The number of hydrogen-bond donors (Lipinski definition) is 2. The molecule has 0 unspecified atom stereocenters. The molecule has 7 nitrogen and oxygen atoms in total. The predicted octanol–water partition coefficient (Wildman–Crippen LogP) is 3.02. The van der Waals surface area contributed by atoms with Crippen molar-refractivity contribution in [2.45, 2.75) is 20.0 Å². The average molecular weight is 483 g/mol. The number of halogens is 1. The monoisotopic (exact) mass is 483 g/mol. The minimum absolute atomic E-state index is 0. The van der Waals surface area contributed by atoms with Crippen LogP contribution in [0.3, 0.4) is 0 Å². The van der Waals surface area contributed by atoms with Crippen LogP contribution in [0.5, 0.6) is 23.0 Å². The molecule has 0 radical (unpaired) electrons. The highest BCUT2D eigenvalue weighted by molar-refractivity contribution is 14.0. The second kappa shape index (κ2) is 9.03. The average Bonchev–Trinajstić information content (AvgIpc) is 3.31. The third-order valence-electron chi connectivity index (χ3n) is 4.10. The van der Waals surface area contributed by atoms with Gasteiger partial charge in [0.2, 0.25) is 13.6 Å². The topological polar surface area (TPSA) is 73.3 Å². The fourth-order valence-electron chi connectivity index (χ4n) is 2.79. The minimum Gasteiger partial charge on any atom is -0.454 e. The van der Waals surface area contributed by atoms with Crippen molar-refractivity contribution in [3.63, 3.8) is 0 Å². The van der Waals surface area contributed by atoms with Gasteiger partial charge in [-0.15, -0.1) is 24.0 Å². The van der Waals surface area contributed by atoms with Gasteiger partial charge in [0, 0.05) is 13.1 Å². The van der Waals surface area contributed by atoms with Crippen LogP contribution in [0.1, 0.15) is 18.1 Å². The summed E-state index contributed by atoms with van der Waals surface area (Å²) in [5, 5.41) is 6.59. The van der Waals surface area contributed by atoms with Crippen molar-refractivity contribution in [2.24, 2.45) is 4.99 Å². The molecule has 8 heteroatoms. The van der Waals surface area contributed by atoms with Crippen LogP contribution in [0.15, 0.2) is 41.4 Å². The maximum Gasteiger partial charge on any atom is 0.231 e. The molecular formula is C19H22IN3O4. The lowest BCUT2D eigenvalue weighted by Crippen LogP contribution is -2.36. The fraction of sp³-hybridized carbons (Fsp3) is 0.316. The van der Waals surface area contributed by atoms with Crippen LogP contribution in [0, 0.1) is 0 Å². The van der Waals surface area contributed by atoms with Crippen molar-refractivity contribution in [3.05, 3.63) is 47.5 Å². The molecule has 2 aromatic carbocycles.